The number of anilines is 1. The van der Waals surface area contributed by atoms with Gasteiger partial charge in [-0.05, 0) is 62.6 Å². The molecule has 0 aliphatic rings. The van der Waals surface area contributed by atoms with Crippen molar-refractivity contribution in [2.75, 3.05) is 5.32 Å². The number of carboxylic acids is 1. The van der Waals surface area contributed by atoms with Crippen LogP contribution in [-0.2, 0) is 47.1 Å². The van der Waals surface area contributed by atoms with Crippen LogP contribution in [0, 0.1) is 0 Å². The second-order valence-electron chi connectivity index (χ2n) is 9.66. The Bertz CT molecular complexity index is 1420. The van der Waals surface area contributed by atoms with Crippen LogP contribution in [0.3, 0.4) is 0 Å². The minimum Gasteiger partial charge on any atom is -0.475 e. The van der Waals surface area contributed by atoms with Crippen LogP contribution >= 0.6 is 0 Å². The Morgan fingerprint density at radius 1 is 0.878 bits per heavy atom. The van der Waals surface area contributed by atoms with E-state index in [9.17, 15) is 37.5 Å². The highest BCUT2D eigenvalue weighted by molar-refractivity contribution is 7.87. The van der Waals surface area contributed by atoms with Gasteiger partial charge in [0.1, 0.15) is 5.60 Å². The first-order valence-corrected chi connectivity index (χ1v) is 13.5. The molecule has 0 bridgehead atoms. The molecule has 4 N–H and O–H groups in total. The lowest BCUT2D eigenvalue weighted by Crippen LogP contribution is -2.49. The van der Waals surface area contributed by atoms with Crippen molar-refractivity contribution in [2.45, 2.75) is 59.2 Å². The topological polar surface area (TPSA) is 203 Å². The van der Waals surface area contributed by atoms with Crippen molar-refractivity contribution in [3.8, 4) is 11.5 Å². The average molecular weight is 594 g/mol. The highest BCUT2D eigenvalue weighted by Gasteiger charge is 2.30. The number of carbonyl (C=O) groups is 5. The molecular formula is C26H31N3O11S. The maximum Gasteiger partial charge on any atom is 0.412 e. The number of benzene rings is 2. The number of Topliss-reactive ketones (excluding diaryl/α,β-unsaturated/α-hetero) is 1. The number of carbonyl (C=O) groups excluding carboxylic acids is 4. The molecule has 2 aromatic carbocycles. The summed E-state index contributed by atoms with van der Waals surface area (Å²) in [6, 6.07) is 8.21. The standard InChI is InChI=1S/C26H31N3O11S/c1-15(30)38-21-11-8-18(13-22(21)39-16(2)31)12-20(23(32)24(33)34)29-41(36,37)27-14-17-6-9-19(10-7-17)28-25(35)40-26(3,4)5/h6-11,13,20,27,29H,12,14H2,1-5H3,(H,28,35)(H,33,34). The molecular weight excluding hydrogens is 562 g/mol. The number of amides is 1. The Kier molecular flexibility index (Phi) is 11.1. The molecule has 14 nitrogen and oxygen atoms in total. The molecule has 222 valence electrons. The first-order chi connectivity index (χ1) is 18.9. The fraction of sp³-hybridized carbons (Fsp3) is 0.346. The van der Waals surface area contributed by atoms with Crippen molar-refractivity contribution in [1.29, 1.82) is 0 Å². The summed E-state index contributed by atoms with van der Waals surface area (Å²) < 4.78 is 44.8. The fourth-order valence-corrected chi connectivity index (χ4v) is 4.27. The van der Waals surface area contributed by atoms with Gasteiger partial charge in [0.05, 0.1) is 6.04 Å². The second-order valence-corrected chi connectivity index (χ2v) is 11.2. The van der Waals surface area contributed by atoms with E-state index in [-0.39, 0.29) is 23.6 Å². The van der Waals surface area contributed by atoms with Gasteiger partial charge in [0.15, 0.2) is 11.5 Å². The molecule has 2 aromatic rings. The maximum absolute atomic E-state index is 12.7. The Morgan fingerprint density at radius 2 is 1.44 bits per heavy atom. The van der Waals surface area contributed by atoms with Crippen molar-refractivity contribution in [3.05, 3.63) is 53.6 Å². The molecule has 0 saturated heterocycles. The van der Waals surface area contributed by atoms with Gasteiger partial charge in [-0.1, -0.05) is 18.2 Å². The van der Waals surface area contributed by atoms with Crippen molar-refractivity contribution in [1.82, 2.24) is 9.44 Å². The van der Waals surface area contributed by atoms with E-state index in [1.165, 1.54) is 42.5 Å². The van der Waals surface area contributed by atoms with Gasteiger partial charge in [0.25, 0.3) is 16.0 Å². The summed E-state index contributed by atoms with van der Waals surface area (Å²) in [5.74, 6) is -5.04. The van der Waals surface area contributed by atoms with Crippen LogP contribution in [0.4, 0.5) is 10.5 Å². The monoisotopic (exact) mass is 593 g/mol. The summed E-state index contributed by atoms with van der Waals surface area (Å²) in [5.41, 5.74) is 0.405. The van der Waals surface area contributed by atoms with E-state index in [2.05, 4.69) is 10.0 Å². The molecule has 41 heavy (non-hydrogen) atoms. The third kappa shape index (κ3) is 11.7. The van der Waals surface area contributed by atoms with Crippen LogP contribution in [0.5, 0.6) is 11.5 Å². The second kappa shape index (κ2) is 13.8. The first kappa shape index (κ1) is 32.9. The van der Waals surface area contributed by atoms with E-state index < -0.39 is 58.1 Å². The Morgan fingerprint density at radius 3 is 1.98 bits per heavy atom. The van der Waals surface area contributed by atoms with Gasteiger partial charge in [-0.15, -0.1) is 0 Å². The molecule has 0 radical (unpaired) electrons. The van der Waals surface area contributed by atoms with Crippen LogP contribution in [0.2, 0.25) is 0 Å². The molecule has 1 unspecified atom stereocenters. The Balaban J connectivity index is 2.14. The Labute approximate surface area is 236 Å². The lowest BCUT2D eigenvalue weighted by Gasteiger charge is -2.19. The van der Waals surface area contributed by atoms with E-state index in [4.69, 9.17) is 14.2 Å². The highest BCUT2D eigenvalue weighted by Crippen LogP contribution is 2.29. The molecule has 0 saturated carbocycles. The van der Waals surface area contributed by atoms with E-state index in [0.717, 1.165) is 13.8 Å². The number of ketones is 1. The molecule has 15 heteroatoms. The van der Waals surface area contributed by atoms with Gasteiger partial charge in [0.2, 0.25) is 0 Å². The molecule has 0 fully saturated rings. The normalized spacial score (nSPS) is 12.1. The zero-order valence-electron chi connectivity index (χ0n) is 23.0. The smallest absolute Gasteiger partial charge is 0.412 e. The lowest BCUT2D eigenvalue weighted by molar-refractivity contribution is -0.149. The molecule has 1 atom stereocenters. The van der Waals surface area contributed by atoms with Gasteiger partial charge in [-0.3, -0.25) is 19.7 Å². The summed E-state index contributed by atoms with van der Waals surface area (Å²) in [6.45, 7) is 7.14. The number of rotatable bonds is 12. The predicted molar refractivity (Wildman–Crippen MR) is 144 cm³/mol. The predicted octanol–water partition coefficient (Wildman–Crippen LogP) is 2.07. The summed E-state index contributed by atoms with van der Waals surface area (Å²) in [4.78, 5) is 58.4. The highest BCUT2D eigenvalue weighted by atomic mass is 32.2. The summed E-state index contributed by atoms with van der Waals surface area (Å²) >= 11 is 0. The first-order valence-electron chi connectivity index (χ1n) is 12.1. The molecule has 0 aromatic heterocycles. The van der Waals surface area contributed by atoms with Crippen molar-refractivity contribution in [3.63, 3.8) is 0 Å². The van der Waals surface area contributed by atoms with Crippen LogP contribution in [0.15, 0.2) is 42.5 Å². The summed E-state index contributed by atoms with van der Waals surface area (Å²) in [7, 11) is -4.41. The minimum atomic E-state index is -4.41. The number of aliphatic carboxylic acids is 1. The number of nitrogens with one attached hydrogen (secondary N) is 3. The van der Waals surface area contributed by atoms with Crippen LogP contribution < -0.4 is 24.2 Å². The molecule has 2 rings (SSSR count). The lowest BCUT2D eigenvalue weighted by atomic mass is 10.0. The quantitative estimate of drug-likeness (QED) is 0.159. The summed E-state index contributed by atoms with van der Waals surface area (Å²) in [6.07, 6.45) is -1.10. The minimum absolute atomic E-state index is 0.105. The third-order valence-electron chi connectivity index (χ3n) is 4.85. The molecule has 0 heterocycles. The third-order valence-corrected chi connectivity index (χ3v) is 5.96. The molecule has 0 spiro atoms. The van der Waals surface area contributed by atoms with Gasteiger partial charge in [-0.25, -0.2) is 9.59 Å². The van der Waals surface area contributed by atoms with Crippen LogP contribution in [0.1, 0.15) is 45.7 Å². The van der Waals surface area contributed by atoms with Crippen LogP contribution in [-0.4, -0.2) is 55.0 Å². The van der Waals surface area contributed by atoms with Crippen molar-refractivity contribution < 1.29 is 51.7 Å². The van der Waals surface area contributed by atoms with Crippen LogP contribution in [0.25, 0.3) is 0 Å². The van der Waals surface area contributed by atoms with E-state index in [1.807, 2.05) is 4.72 Å². The van der Waals surface area contributed by atoms with Gasteiger partial charge < -0.3 is 19.3 Å². The fourth-order valence-electron chi connectivity index (χ4n) is 3.26. The van der Waals surface area contributed by atoms with E-state index in [0.29, 0.717) is 11.3 Å². The molecule has 0 aliphatic carbocycles. The number of esters is 2. The SMILES string of the molecule is CC(=O)Oc1ccc(CC(NS(=O)(=O)NCc2ccc(NC(=O)OC(C)(C)C)cc2)C(=O)C(=O)O)cc1OC(C)=O. The molecule has 0 aliphatic heterocycles. The number of ether oxygens (including phenoxy) is 3. The molecule has 1 amide bonds. The summed E-state index contributed by atoms with van der Waals surface area (Å²) in [5, 5.41) is 11.8. The maximum atomic E-state index is 12.7. The van der Waals surface area contributed by atoms with Crippen molar-refractivity contribution >= 4 is 45.7 Å². The van der Waals surface area contributed by atoms with Gasteiger partial charge in [-0.2, -0.15) is 17.9 Å². The number of hydrogen-bond acceptors (Lipinski definition) is 10. The van der Waals surface area contributed by atoms with Crippen molar-refractivity contribution in [2.24, 2.45) is 0 Å². The van der Waals surface area contributed by atoms with E-state index in [1.54, 1.807) is 20.8 Å². The zero-order valence-corrected chi connectivity index (χ0v) is 23.8. The average Bonchev–Trinajstić information content (AvgIpc) is 2.82. The Hall–Kier alpha value is -4.34. The van der Waals surface area contributed by atoms with E-state index >= 15 is 0 Å². The van der Waals surface area contributed by atoms with Gasteiger partial charge in [0, 0.05) is 26.1 Å². The van der Waals surface area contributed by atoms with Gasteiger partial charge >= 0.3 is 24.0 Å². The zero-order chi connectivity index (χ0) is 31.0. The number of hydrogen-bond donors (Lipinski definition) is 4. The largest absolute Gasteiger partial charge is 0.475 e. The number of carboxylic acid groups (broad SMARTS) is 1.